The summed E-state index contributed by atoms with van der Waals surface area (Å²) < 4.78 is 0. The summed E-state index contributed by atoms with van der Waals surface area (Å²) in [5.74, 6) is -0.785. The monoisotopic (exact) mass is 299 g/mol. The smallest absolute Gasteiger partial charge is 0.317 e. The van der Waals surface area contributed by atoms with Crippen molar-refractivity contribution in [2.75, 3.05) is 26.2 Å². The summed E-state index contributed by atoms with van der Waals surface area (Å²) in [6.45, 7) is 11.8. The van der Waals surface area contributed by atoms with Gasteiger partial charge in [-0.05, 0) is 40.5 Å². The third-order valence-electron chi connectivity index (χ3n) is 3.91. The van der Waals surface area contributed by atoms with Crippen LogP contribution in [0.1, 0.15) is 47.0 Å². The summed E-state index contributed by atoms with van der Waals surface area (Å²) in [5, 5.41) is 11.6. The second-order valence-corrected chi connectivity index (χ2v) is 6.78. The van der Waals surface area contributed by atoms with Crippen molar-refractivity contribution >= 4 is 12.0 Å². The minimum Gasteiger partial charge on any atom is -0.481 e. The fraction of sp³-hybridized carbons (Fsp3) is 0.867. The van der Waals surface area contributed by atoms with Crippen LogP contribution in [0.5, 0.6) is 0 Å². The van der Waals surface area contributed by atoms with E-state index >= 15 is 0 Å². The number of rotatable bonds is 5. The quantitative estimate of drug-likeness (QED) is 0.811. The summed E-state index contributed by atoms with van der Waals surface area (Å²) in [6, 6.07) is -0.0242. The number of nitrogens with zero attached hydrogens (tertiary/aromatic N) is 2. The Balaban J connectivity index is 2.29. The van der Waals surface area contributed by atoms with Gasteiger partial charge in [0, 0.05) is 44.2 Å². The zero-order valence-electron chi connectivity index (χ0n) is 13.7. The molecule has 0 radical (unpaired) electrons. The van der Waals surface area contributed by atoms with Crippen LogP contribution >= 0.6 is 0 Å². The molecule has 1 atom stereocenters. The van der Waals surface area contributed by atoms with Crippen molar-refractivity contribution < 1.29 is 14.7 Å². The van der Waals surface area contributed by atoms with Gasteiger partial charge in [0.2, 0.25) is 0 Å². The van der Waals surface area contributed by atoms with E-state index in [1.54, 1.807) is 0 Å². The number of hydrogen-bond acceptors (Lipinski definition) is 3. The van der Waals surface area contributed by atoms with E-state index in [-0.39, 0.29) is 24.0 Å². The summed E-state index contributed by atoms with van der Waals surface area (Å²) in [7, 11) is 0. The Morgan fingerprint density at radius 3 is 2.24 bits per heavy atom. The van der Waals surface area contributed by atoms with Gasteiger partial charge < -0.3 is 15.3 Å². The van der Waals surface area contributed by atoms with Crippen LogP contribution in [0.3, 0.4) is 0 Å². The first-order chi connectivity index (χ1) is 9.70. The van der Waals surface area contributed by atoms with Crippen LogP contribution in [0.15, 0.2) is 0 Å². The van der Waals surface area contributed by atoms with Gasteiger partial charge in [0.05, 0.1) is 0 Å². The van der Waals surface area contributed by atoms with E-state index in [1.165, 1.54) is 0 Å². The SMILES string of the molecule is CC(CCCC(=O)O)NC(=O)N1CCN(C(C)(C)C)CC1. The van der Waals surface area contributed by atoms with Crippen LogP contribution < -0.4 is 5.32 Å². The lowest BCUT2D eigenvalue weighted by Crippen LogP contribution is -2.57. The molecule has 122 valence electrons. The van der Waals surface area contributed by atoms with Crippen molar-refractivity contribution in [3.63, 3.8) is 0 Å². The Labute approximate surface area is 127 Å². The minimum absolute atomic E-state index is 0.0116. The summed E-state index contributed by atoms with van der Waals surface area (Å²) in [5.41, 5.74) is 0.146. The van der Waals surface area contributed by atoms with E-state index in [4.69, 9.17) is 5.11 Å². The molecule has 0 aromatic rings. The van der Waals surface area contributed by atoms with Crippen LogP contribution in [0.4, 0.5) is 4.79 Å². The Bertz CT molecular complexity index is 358. The highest BCUT2D eigenvalue weighted by Gasteiger charge is 2.28. The Morgan fingerprint density at radius 1 is 1.19 bits per heavy atom. The molecule has 1 saturated heterocycles. The molecule has 0 aromatic heterocycles. The van der Waals surface area contributed by atoms with Gasteiger partial charge in [-0.25, -0.2) is 4.79 Å². The molecular formula is C15H29N3O3. The van der Waals surface area contributed by atoms with Gasteiger partial charge in [0.25, 0.3) is 0 Å². The first-order valence-electron chi connectivity index (χ1n) is 7.72. The minimum atomic E-state index is -0.785. The predicted octanol–water partition coefficient (Wildman–Crippen LogP) is 1.76. The predicted molar refractivity (Wildman–Crippen MR) is 82.4 cm³/mol. The van der Waals surface area contributed by atoms with Crippen LogP contribution in [0, 0.1) is 0 Å². The van der Waals surface area contributed by atoms with Gasteiger partial charge >= 0.3 is 12.0 Å². The van der Waals surface area contributed by atoms with Gasteiger partial charge in [-0.3, -0.25) is 9.69 Å². The topological polar surface area (TPSA) is 72.9 Å². The molecule has 0 aliphatic carbocycles. The molecule has 1 aliphatic heterocycles. The molecule has 2 amide bonds. The fourth-order valence-electron chi connectivity index (χ4n) is 2.51. The van der Waals surface area contributed by atoms with Gasteiger partial charge in [0.15, 0.2) is 0 Å². The van der Waals surface area contributed by atoms with Crippen LogP contribution in [-0.4, -0.2) is 64.7 Å². The lowest BCUT2D eigenvalue weighted by Gasteiger charge is -2.42. The van der Waals surface area contributed by atoms with E-state index in [0.717, 1.165) is 26.2 Å². The lowest BCUT2D eigenvalue weighted by atomic mass is 10.1. The third kappa shape index (κ3) is 6.33. The molecule has 21 heavy (non-hydrogen) atoms. The third-order valence-corrected chi connectivity index (χ3v) is 3.91. The number of hydrogen-bond donors (Lipinski definition) is 2. The highest BCUT2D eigenvalue weighted by molar-refractivity contribution is 5.74. The van der Waals surface area contributed by atoms with Crippen molar-refractivity contribution in [1.29, 1.82) is 0 Å². The molecule has 2 N–H and O–H groups in total. The number of carbonyl (C=O) groups excluding carboxylic acids is 1. The molecular weight excluding hydrogens is 270 g/mol. The Morgan fingerprint density at radius 2 is 1.76 bits per heavy atom. The first kappa shape index (κ1) is 17.8. The molecule has 6 nitrogen and oxygen atoms in total. The zero-order chi connectivity index (χ0) is 16.0. The largest absolute Gasteiger partial charge is 0.481 e. The van der Waals surface area contributed by atoms with Crippen molar-refractivity contribution in [2.24, 2.45) is 0 Å². The maximum Gasteiger partial charge on any atom is 0.317 e. The Kier molecular flexibility index (Phi) is 6.45. The summed E-state index contributed by atoms with van der Waals surface area (Å²) in [4.78, 5) is 26.8. The zero-order valence-corrected chi connectivity index (χ0v) is 13.7. The highest BCUT2D eigenvalue weighted by Crippen LogP contribution is 2.15. The normalized spacial score (nSPS) is 18.4. The van der Waals surface area contributed by atoms with Gasteiger partial charge in [-0.15, -0.1) is 0 Å². The maximum absolute atomic E-state index is 12.1. The average molecular weight is 299 g/mol. The van der Waals surface area contributed by atoms with E-state index in [9.17, 15) is 9.59 Å². The van der Waals surface area contributed by atoms with Crippen LogP contribution in [0.2, 0.25) is 0 Å². The van der Waals surface area contributed by atoms with E-state index in [2.05, 4.69) is 31.0 Å². The van der Waals surface area contributed by atoms with Gasteiger partial charge in [0.1, 0.15) is 0 Å². The van der Waals surface area contributed by atoms with Crippen LogP contribution in [0.25, 0.3) is 0 Å². The fourth-order valence-corrected chi connectivity index (χ4v) is 2.51. The molecule has 0 aromatic carbocycles. The number of urea groups is 1. The second kappa shape index (κ2) is 7.64. The average Bonchev–Trinajstić information content (AvgIpc) is 2.37. The summed E-state index contributed by atoms with van der Waals surface area (Å²) in [6.07, 6.45) is 1.44. The van der Waals surface area contributed by atoms with Gasteiger partial charge in [-0.2, -0.15) is 0 Å². The van der Waals surface area contributed by atoms with Crippen molar-refractivity contribution in [2.45, 2.75) is 58.5 Å². The number of amides is 2. The number of aliphatic carboxylic acids is 1. The molecule has 6 heteroatoms. The molecule has 0 saturated carbocycles. The van der Waals surface area contributed by atoms with Crippen molar-refractivity contribution in [3.05, 3.63) is 0 Å². The second-order valence-electron chi connectivity index (χ2n) is 6.78. The molecule has 1 aliphatic rings. The van der Waals surface area contributed by atoms with E-state index < -0.39 is 5.97 Å². The van der Waals surface area contributed by atoms with Crippen LogP contribution in [-0.2, 0) is 4.79 Å². The van der Waals surface area contributed by atoms with E-state index in [1.807, 2.05) is 11.8 Å². The maximum atomic E-state index is 12.1. The first-order valence-corrected chi connectivity index (χ1v) is 7.72. The molecule has 1 rings (SSSR count). The molecule has 1 unspecified atom stereocenters. The van der Waals surface area contributed by atoms with Crippen molar-refractivity contribution in [1.82, 2.24) is 15.1 Å². The lowest BCUT2D eigenvalue weighted by molar-refractivity contribution is -0.137. The standard InChI is InChI=1S/C15H29N3O3/c1-12(6-5-7-13(19)20)16-14(21)17-8-10-18(11-9-17)15(2,3)4/h12H,5-11H2,1-4H3,(H,16,21)(H,19,20). The molecule has 0 bridgehead atoms. The Hall–Kier alpha value is -1.30. The highest BCUT2D eigenvalue weighted by atomic mass is 16.4. The van der Waals surface area contributed by atoms with Crippen molar-refractivity contribution in [3.8, 4) is 0 Å². The number of carboxylic acids is 1. The van der Waals surface area contributed by atoms with Gasteiger partial charge in [-0.1, -0.05) is 0 Å². The molecule has 1 fully saturated rings. The number of piperazine rings is 1. The molecule has 0 spiro atoms. The summed E-state index contributed by atoms with van der Waals surface area (Å²) >= 11 is 0. The number of nitrogens with one attached hydrogen (secondary N) is 1. The number of carboxylic acid groups (broad SMARTS) is 1. The van der Waals surface area contributed by atoms with E-state index in [0.29, 0.717) is 12.8 Å². The molecule has 1 heterocycles. The number of carbonyl (C=O) groups is 2.